The maximum absolute atomic E-state index is 5.04. The van der Waals surface area contributed by atoms with Gasteiger partial charge in [-0.1, -0.05) is 6.07 Å². The first-order valence-corrected chi connectivity index (χ1v) is 7.31. The molecule has 2 aliphatic rings. The summed E-state index contributed by atoms with van der Waals surface area (Å²) in [4.78, 5) is 7.04. The van der Waals surface area contributed by atoms with Crippen molar-refractivity contribution in [1.82, 2.24) is 20.5 Å². The third kappa shape index (κ3) is 2.53. The molecule has 1 N–H and O–H groups in total. The van der Waals surface area contributed by atoms with Gasteiger partial charge in [0.1, 0.15) is 0 Å². The Morgan fingerprint density at radius 2 is 2.16 bits per heavy atom. The van der Waals surface area contributed by atoms with E-state index in [1.54, 1.807) is 0 Å². The topological polar surface area (TPSA) is 42.3 Å². The van der Waals surface area contributed by atoms with Crippen LogP contribution in [0.4, 0.5) is 0 Å². The van der Waals surface area contributed by atoms with Crippen molar-refractivity contribution in [2.24, 2.45) is 5.92 Å². The number of hydrogen-bond acceptors (Lipinski definition) is 3. The maximum Gasteiger partial charge on any atom is 0.0928 e. The van der Waals surface area contributed by atoms with Crippen LogP contribution in [0.25, 0.3) is 0 Å². The second-order valence-electron chi connectivity index (χ2n) is 5.78. The normalized spacial score (nSPS) is 30.4. The van der Waals surface area contributed by atoms with Crippen molar-refractivity contribution >= 4 is 0 Å². The molecule has 103 valence electrons. The maximum atomic E-state index is 5.04. The number of likely N-dealkylation sites (tertiary alicyclic amines) is 1. The van der Waals surface area contributed by atoms with Crippen molar-refractivity contribution in [2.45, 2.75) is 18.4 Å². The van der Waals surface area contributed by atoms with Crippen LogP contribution < -0.4 is 10.6 Å². The zero-order valence-corrected chi connectivity index (χ0v) is 11.7. The first kappa shape index (κ1) is 13.0. The Bertz CT molecular complexity index is 392. The third-order valence-corrected chi connectivity index (χ3v) is 4.58. The van der Waals surface area contributed by atoms with Gasteiger partial charge in [-0.25, -0.2) is 5.32 Å². The van der Waals surface area contributed by atoms with E-state index in [9.17, 15) is 0 Å². The molecule has 1 aromatic heterocycles. The van der Waals surface area contributed by atoms with Gasteiger partial charge in [-0.15, -0.1) is 0 Å². The monoisotopic (exact) mass is 259 g/mol. The van der Waals surface area contributed by atoms with E-state index < -0.39 is 0 Å². The number of piperazine rings is 1. The molecule has 1 radical (unpaired) electrons. The summed E-state index contributed by atoms with van der Waals surface area (Å²) in [6, 6.07) is 6.22. The Hall–Kier alpha value is -0.970. The lowest BCUT2D eigenvalue weighted by Crippen LogP contribution is -2.59. The number of nitrogens with one attached hydrogen (secondary N) is 1. The molecule has 3 heterocycles. The first-order chi connectivity index (χ1) is 9.31. The molecule has 2 saturated heterocycles. The van der Waals surface area contributed by atoms with Crippen LogP contribution in [-0.2, 0) is 5.54 Å². The van der Waals surface area contributed by atoms with Crippen molar-refractivity contribution < 1.29 is 0 Å². The van der Waals surface area contributed by atoms with Gasteiger partial charge in [0.15, 0.2) is 0 Å². The van der Waals surface area contributed by atoms with Crippen LogP contribution in [0.15, 0.2) is 24.4 Å². The zero-order chi connectivity index (χ0) is 13.1. The zero-order valence-electron chi connectivity index (χ0n) is 11.7. The predicted octanol–water partition coefficient (Wildman–Crippen LogP) is 0.826. The highest BCUT2D eigenvalue weighted by Gasteiger charge is 2.44. The van der Waals surface area contributed by atoms with E-state index in [0.29, 0.717) is 5.92 Å². The Kier molecular flexibility index (Phi) is 3.82. The lowest BCUT2D eigenvalue weighted by atomic mass is 9.74. The summed E-state index contributed by atoms with van der Waals surface area (Å²) in [5.74, 6) is 0.617. The Balaban J connectivity index is 1.88. The van der Waals surface area contributed by atoms with Crippen LogP contribution in [-0.4, -0.2) is 49.7 Å². The molecule has 0 amide bonds. The second-order valence-corrected chi connectivity index (χ2v) is 5.78. The number of hydrogen-bond donors (Lipinski definition) is 1. The van der Waals surface area contributed by atoms with Gasteiger partial charge in [0.25, 0.3) is 0 Å². The molecule has 0 saturated carbocycles. The summed E-state index contributed by atoms with van der Waals surface area (Å²) in [7, 11) is 2.21. The van der Waals surface area contributed by atoms with E-state index in [2.05, 4.69) is 34.4 Å². The van der Waals surface area contributed by atoms with Gasteiger partial charge in [-0.2, -0.15) is 0 Å². The Morgan fingerprint density at radius 1 is 1.32 bits per heavy atom. The molecule has 1 aromatic rings. The van der Waals surface area contributed by atoms with Gasteiger partial charge in [-0.05, 0) is 51.0 Å². The number of aromatic nitrogens is 1. The number of nitrogens with zero attached hydrogens (tertiary/aromatic N) is 3. The van der Waals surface area contributed by atoms with Crippen LogP contribution >= 0.6 is 0 Å². The lowest BCUT2D eigenvalue weighted by molar-refractivity contribution is 0.0974. The van der Waals surface area contributed by atoms with Crippen molar-refractivity contribution in [1.29, 1.82) is 0 Å². The average molecular weight is 259 g/mol. The van der Waals surface area contributed by atoms with Crippen LogP contribution in [0.5, 0.6) is 0 Å². The van der Waals surface area contributed by atoms with E-state index >= 15 is 0 Å². The van der Waals surface area contributed by atoms with Gasteiger partial charge >= 0.3 is 0 Å². The van der Waals surface area contributed by atoms with Crippen molar-refractivity contribution in [3.63, 3.8) is 0 Å². The van der Waals surface area contributed by atoms with Gasteiger partial charge in [-0.3, -0.25) is 4.98 Å². The van der Waals surface area contributed by atoms with E-state index in [1.807, 2.05) is 12.3 Å². The third-order valence-electron chi connectivity index (χ3n) is 4.58. The average Bonchev–Trinajstić information content (AvgIpc) is 2.49. The van der Waals surface area contributed by atoms with E-state index in [0.717, 1.165) is 25.3 Å². The molecule has 19 heavy (non-hydrogen) atoms. The highest BCUT2D eigenvalue weighted by Crippen LogP contribution is 2.36. The molecule has 0 spiro atoms. The van der Waals surface area contributed by atoms with Gasteiger partial charge in [0.05, 0.1) is 11.2 Å². The molecule has 0 bridgehead atoms. The minimum absolute atomic E-state index is 0.0965. The predicted molar refractivity (Wildman–Crippen MR) is 76.0 cm³/mol. The Morgan fingerprint density at radius 3 is 2.79 bits per heavy atom. The summed E-state index contributed by atoms with van der Waals surface area (Å²) in [6.07, 6.45) is 4.34. The summed E-state index contributed by atoms with van der Waals surface area (Å²) in [6.45, 7) is 5.20. The molecular weight excluding hydrogens is 236 g/mol. The SMILES string of the molecule is CN1CCC(C2(c3ccccn3)CNCC[N]2)CC1. The van der Waals surface area contributed by atoms with E-state index in [-0.39, 0.29) is 5.54 Å². The van der Waals surface area contributed by atoms with Gasteiger partial charge in [0.2, 0.25) is 0 Å². The fraction of sp³-hybridized carbons (Fsp3) is 0.667. The quantitative estimate of drug-likeness (QED) is 0.855. The molecule has 1 unspecified atom stereocenters. The van der Waals surface area contributed by atoms with Crippen molar-refractivity contribution in [3.05, 3.63) is 30.1 Å². The minimum atomic E-state index is -0.0965. The first-order valence-electron chi connectivity index (χ1n) is 7.31. The van der Waals surface area contributed by atoms with Crippen molar-refractivity contribution in [2.75, 3.05) is 39.8 Å². The van der Waals surface area contributed by atoms with Crippen molar-refractivity contribution in [3.8, 4) is 0 Å². The molecule has 4 heteroatoms. The number of pyridine rings is 1. The number of piperidine rings is 1. The van der Waals surface area contributed by atoms with Crippen LogP contribution in [0.2, 0.25) is 0 Å². The molecule has 1 atom stereocenters. The molecule has 3 rings (SSSR count). The van der Waals surface area contributed by atoms with Crippen LogP contribution in [0.1, 0.15) is 18.5 Å². The second kappa shape index (κ2) is 5.57. The summed E-state index contributed by atoms with van der Waals surface area (Å²) in [5.41, 5.74) is 1.05. The number of rotatable bonds is 2. The molecule has 0 aliphatic carbocycles. The molecular formula is C15H23N4. The summed E-state index contributed by atoms with van der Waals surface area (Å²) < 4.78 is 0. The molecule has 0 aromatic carbocycles. The fourth-order valence-corrected chi connectivity index (χ4v) is 3.43. The molecule has 2 fully saturated rings. The Labute approximate surface area is 115 Å². The minimum Gasteiger partial charge on any atom is -0.313 e. The smallest absolute Gasteiger partial charge is 0.0928 e. The largest absolute Gasteiger partial charge is 0.313 e. The standard InChI is InChI=1S/C15H23N4/c1-19-10-5-13(6-11-19)15(12-16-8-9-18-15)14-4-2-3-7-17-14/h2-4,7,13,16H,5-6,8-12H2,1H3. The van der Waals surface area contributed by atoms with Gasteiger partial charge < -0.3 is 10.2 Å². The fourth-order valence-electron chi connectivity index (χ4n) is 3.43. The highest BCUT2D eigenvalue weighted by molar-refractivity contribution is 5.20. The van der Waals surface area contributed by atoms with E-state index in [1.165, 1.54) is 25.9 Å². The van der Waals surface area contributed by atoms with Crippen LogP contribution in [0.3, 0.4) is 0 Å². The van der Waals surface area contributed by atoms with Gasteiger partial charge in [0, 0.05) is 25.8 Å². The summed E-state index contributed by atoms with van der Waals surface area (Å²) >= 11 is 0. The molecule has 2 aliphatic heterocycles. The highest BCUT2D eigenvalue weighted by atomic mass is 15.1. The summed E-state index contributed by atoms with van der Waals surface area (Å²) in [5, 5.41) is 8.57. The van der Waals surface area contributed by atoms with Crippen LogP contribution in [0, 0.1) is 5.92 Å². The lowest BCUT2D eigenvalue weighted by Gasteiger charge is -2.45. The van der Waals surface area contributed by atoms with E-state index in [4.69, 9.17) is 5.32 Å². The molecule has 4 nitrogen and oxygen atoms in total.